The summed E-state index contributed by atoms with van der Waals surface area (Å²) in [5, 5.41) is 3.67. The molecule has 0 radical (unpaired) electrons. The molecule has 0 aromatic carbocycles. The van der Waals surface area contributed by atoms with Crippen LogP contribution in [-0.2, 0) is 0 Å². The first-order valence-corrected chi connectivity index (χ1v) is 8.44. The van der Waals surface area contributed by atoms with Crippen molar-refractivity contribution in [2.24, 2.45) is 11.8 Å². The van der Waals surface area contributed by atoms with Crippen molar-refractivity contribution in [1.29, 1.82) is 0 Å². The van der Waals surface area contributed by atoms with E-state index in [-0.39, 0.29) is 18.8 Å². The van der Waals surface area contributed by atoms with Crippen molar-refractivity contribution >= 4 is 0 Å². The lowest BCUT2D eigenvalue weighted by molar-refractivity contribution is -0.0577. The van der Waals surface area contributed by atoms with E-state index in [1.165, 1.54) is 32.2 Å². The van der Waals surface area contributed by atoms with Gasteiger partial charge in [0.1, 0.15) is 0 Å². The van der Waals surface area contributed by atoms with E-state index >= 15 is 0 Å². The Morgan fingerprint density at radius 3 is 2.40 bits per heavy atom. The number of likely N-dealkylation sites (tertiary alicyclic amines) is 1. The van der Waals surface area contributed by atoms with Crippen molar-refractivity contribution in [3.63, 3.8) is 0 Å². The third-order valence-corrected chi connectivity index (χ3v) is 5.24. The molecule has 0 aromatic heterocycles. The molecule has 1 saturated heterocycles. The van der Waals surface area contributed by atoms with Crippen molar-refractivity contribution in [1.82, 2.24) is 10.2 Å². The largest absolute Gasteiger partial charge is 0.314 e. The van der Waals surface area contributed by atoms with E-state index in [1.807, 2.05) is 0 Å². The van der Waals surface area contributed by atoms with E-state index in [1.54, 1.807) is 0 Å². The molecule has 0 aromatic rings. The van der Waals surface area contributed by atoms with Crippen molar-refractivity contribution in [3.8, 4) is 0 Å². The van der Waals surface area contributed by atoms with Gasteiger partial charge in [0.2, 0.25) is 5.92 Å². The minimum absolute atomic E-state index is 0.108. The van der Waals surface area contributed by atoms with Gasteiger partial charge in [0.25, 0.3) is 0 Å². The van der Waals surface area contributed by atoms with Crippen LogP contribution in [-0.4, -0.2) is 43.0 Å². The molecule has 1 atom stereocenters. The van der Waals surface area contributed by atoms with Gasteiger partial charge in [-0.15, -0.1) is 0 Å². The molecule has 0 bridgehead atoms. The lowest BCUT2D eigenvalue weighted by Gasteiger charge is -2.37. The normalized spacial score (nSPS) is 32.4. The van der Waals surface area contributed by atoms with Crippen molar-refractivity contribution in [3.05, 3.63) is 0 Å². The second-order valence-corrected chi connectivity index (χ2v) is 7.24. The number of hydrogen-bond donors (Lipinski definition) is 1. The Kier molecular flexibility index (Phi) is 4.61. The summed E-state index contributed by atoms with van der Waals surface area (Å²) in [5.41, 5.74) is 0. The fraction of sp³-hybridized carbons (Fsp3) is 1.00. The van der Waals surface area contributed by atoms with E-state index < -0.39 is 5.92 Å². The van der Waals surface area contributed by atoms with E-state index in [4.69, 9.17) is 0 Å². The lowest BCUT2D eigenvalue weighted by Crippen LogP contribution is -2.45. The Morgan fingerprint density at radius 1 is 1.00 bits per heavy atom. The molecule has 3 fully saturated rings. The van der Waals surface area contributed by atoms with Crippen LogP contribution >= 0.6 is 0 Å². The van der Waals surface area contributed by atoms with Crippen LogP contribution in [0.2, 0.25) is 0 Å². The molecule has 3 aliphatic rings. The minimum Gasteiger partial charge on any atom is -0.314 e. The maximum atomic E-state index is 13.4. The molecule has 2 aliphatic carbocycles. The van der Waals surface area contributed by atoms with Gasteiger partial charge in [-0.1, -0.05) is 0 Å². The quantitative estimate of drug-likeness (QED) is 0.834. The predicted octanol–water partition coefficient (Wildman–Crippen LogP) is 3.28. The van der Waals surface area contributed by atoms with Gasteiger partial charge < -0.3 is 10.2 Å². The second-order valence-electron chi connectivity index (χ2n) is 7.24. The Bertz CT molecular complexity index is 310. The number of nitrogens with one attached hydrogen (secondary N) is 1. The van der Waals surface area contributed by atoms with Gasteiger partial charge in [-0.3, -0.25) is 0 Å². The SMILES string of the molecule is FC1(F)CCCC(CN2CCC(NCC3CC3)CC2)C1. The zero-order chi connectivity index (χ0) is 14.0. The highest BCUT2D eigenvalue weighted by Crippen LogP contribution is 2.37. The Labute approximate surface area is 121 Å². The first-order valence-electron chi connectivity index (χ1n) is 8.44. The Hall–Kier alpha value is -0.220. The number of hydrogen-bond acceptors (Lipinski definition) is 2. The maximum absolute atomic E-state index is 13.4. The molecule has 20 heavy (non-hydrogen) atoms. The summed E-state index contributed by atoms with van der Waals surface area (Å²) >= 11 is 0. The maximum Gasteiger partial charge on any atom is 0.248 e. The summed E-state index contributed by atoms with van der Waals surface area (Å²) in [7, 11) is 0. The monoisotopic (exact) mass is 286 g/mol. The number of piperidine rings is 1. The molecule has 0 amide bonds. The van der Waals surface area contributed by atoms with Gasteiger partial charge in [-0.25, -0.2) is 8.78 Å². The molecule has 1 unspecified atom stereocenters. The van der Waals surface area contributed by atoms with E-state index in [2.05, 4.69) is 10.2 Å². The molecule has 116 valence electrons. The van der Waals surface area contributed by atoms with E-state index in [0.717, 1.165) is 32.0 Å². The molecule has 2 saturated carbocycles. The first kappa shape index (κ1) is 14.7. The molecule has 2 nitrogen and oxygen atoms in total. The van der Waals surface area contributed by atoms with Gasteiger partial charge in [0.05, 0.1) is 0 Å². The first-order chi connectivity index (χ1) is 9.61. The van der Waals surface area contributed by atoms with Crippen LogP contribution in [0.4, 0.5) is 8.78 Å². The number of nitrogens with zero attached hydrogens (tertiary/aromatic N) is 1. The Morgan fingerprint density at radius 2 is 1.75 bits per heavy atom. The van der Waals surface area contributed by atoms with Crippen LogP contribution < -0.4 is 5.32 Å². The van der Waals surface area contributed by atoms with E-state index in [0.29, 0.717) is 12.5 Å². The average molecular weight is 286 g/mol. The highest BCUT2D eigenvalue weighted by atomic mass is 19.3. The third kappa shape index (κ3) is 4.39. The summed E-state index contributed by atoms with van der Waals surface area (Å²) in [6.45, 7) is 4.26. The molecular weight excluding hydrogens is 258 g/mol. The Balaban J connectivity index is 1.35. The second kappa shape index (κ2) is 6.27. The molecule has 0 spiro atoms. The summed E-state index contributed by atoms with van der Waals surface area (Å²) in [4.78, 5) is 2.42. The average Bonchev–Trinajstić information content (AvgIpc) is 3.21. The predicted molar refractivity (Wildman–Crippen MR) is 77.1 cm³/mol. The fourth-order valence-electron chi connectivity index (χ4n) is 3.77. The van der Waals surface area contributed by atoms with Crippen LogP contribution in [0.15, 0.2) is 0 Å². The number of alkyl halides is 2. The molecule has 1 N–H and O–H groups in total. The summed E-state index contributed by atoms with van der Waals surface area (Å²) in [6, 6.07) is 0.666. The van der Waals surface area contributed by atoms with Gasteiger partial charge >= 0.3 is 0 Å². The summed E-state index contributed by atoms with van der Waals surface area (Å²) in [5.74, 6) is -1.24. The molecule has 1 aliphatic heterocycles. The van der Waals surface area contributed by atoms with Crippen molar-refractivity contribution in [2.75, 3.05) is 26.2 Å². The number of halogens is 2. The molecule has 3 rings (SSSR count). The van der Waals surface area contributed by atoms with E-state index in [9.17, 15) is 8.78 Å². The molecule has 4 heteroatoms. The summed E-state index contributed by atoms with van der Waals surface area (Å²) in [6.07, 6.45) is 7.12. The minimum atomic E-state index is -2.40. The zero-order valence-corrected chi connectivity index (χ0v) is 12.4. The van der Waals surface area contributed by atoms with Gasteiger partial charge in [0.15, 0.2) is 0 Å². The van der Waals surface area contributed by atoms with Gasteiger partial charge in [-0.05, 0) is 70.0 Å². The van der Waals surface area contributed by atoms with Crippen molar-refractivity contribution in [2.45, 2.75) is 63.3 Å². The topological polar surface area (TPSA) is 15.3 Å². The van der Waals surface area contributed by atoms with Gasteiger partial charge in [0, 0.05) is 25.4 Å². The number of rotatable bonds is 5. The lowest BCUT2D eigenvalue weighted by atomic mass is 9.86. The molecular formula is C16H28F2N2. The van der Waals surface area contributed by atoms with Crippen molar-refractivity contribution < 1.29 is 8.78 Å². The van der Waals surface area contributed by atoms with Crippen LogP contribution in [0.3, 0.4) is 0 Å². The van der Waals surface area contributed by atoms with Crippen LogP contribution in [0.5, 0.6) is 0 Å². The van der Waals surface area contributed by atoms with Crippen LogP contribution in [0, 0.1) is 11.8 Å². The highest BCUT2D eigenvalue weighted by Gasteiger charge is 2.37. The fourth-order valence-corrected chi connectivity index (χ4v) is 3.77. The van der Waals surface area contributed by atoms with Gasteiger partial charge in [-0.2, -0.15) is 0 Å². The van der Waals surface area contributed by atoms with Crippen LogP contribution in [0.1, 0.15) is 51.4 Å². The highest BCUT2D eigenvalue weighted by molar-refractivity contribution is 4.84. The smallest absolute Gasteiger partial charge is 0.248 e. The summed E-state index contributed by atoms with van der Waals surface area (Å²) < 4.78 is 26.8. The zero-order valence-electron chi connectivity index (χ0n) is 12.4. The van der Waals surface area contributed by atoms with Crippen LogP contribution in [0.25, 0.3) is 0 Å². The molecule has 1 heterocycles. The third-order valence-electron chi connectivity index (χ3n) is 5.24. The standard InChI is InChI=1S/C16H28F2N2/c17-16(18)7-1-2-14(10-16)12-20-8-5-15(6-9-20)19-11-13-3-4-13/h13-15,19H,1-12H2.